The van der Waals surface area contributed by atoms with Crippen LogP contribution in [0.3, 0.4) is 0 Å². The summed E-state index contributed by atoms with van der Waals surface area (Å²) < 4.78 is 52.8. The van der Waals surface area contributed by atoms with Gasteiger partial charge in [-0.1, -0.05) is 37.5 Å². The third kappa shape index (κ3) is 6.93. The molecule has 3 fully saturated rings. The Kier molecular flexibility index (Phi) is 9.10. The number of hydrogen-bond donors (Lipinski definition) is 3. The Morgan fingerprint density at radius 1 is 1.07 bits per heavy atom. The van der Waals surface area contributed by atoms with Crippen LogP contribution in [0.15, 0.2) is 24.3 Å². The van der Waals surface area contributed by atoms with E-state index in [0.717, 1.165) is 24.8 Å². The standard InChI is InChI=1S/C31H43F3N4O6/c1-29(2,3)44-28(41)36-25(19-9-5-4-6-10-19)27(40)38-16-20-15-30(42,31(32,33)34)18-37(20)17-23(38)26(39)35-22-13-14-43-24-12-8-7-11-21(22)24/h7-8,11-12,19-20,22-23,25,42H,4-6,9-10,13-18H2,1-3H3,(H,35,39)(H,36,41)/t20-,22-,23+,25+,30-/m1/s1. The van der Waals surface area contributed by atoms with Crippen LogP contribution in [0.2, 0.25) is 0 Å². The van der Waals surface area contributed by atoms with Crippen molar-refractivity contribution in [3.8, 4) is 5.75 Å². The Morgan fingerprint density at radius 3 is 2.45 bits per heavy atom. The molecule has 0 unspecified atom stereocenters. The monoisotopic (exact) mass is 624 g/mol. The third-order valence-electron chi connectivity index (χ3n) is 9.19. The van der Waals surface area contributed by atoms with Crippen LogP contribution in [-0.4, -0.2) is 94.6 Å². The number of rotatable bonds is 5. The van der Waals surface area contributed by atoms with Gasteiger partial charge >= 0.3 is 12.3 Å². The molecule has 13 heteroatoms. The van der Waals surface area contributed by atoms with E-state index in [2.05, 4.69) is 10.6 Å². The van der Waals surface area contributed by atoms with Crippen LogP contribution in [0.25, 0.3) is 0 Å². The zero-order valence-electron chi connectivity index (χ0n) is 25.5. The topological polar surface area (TPSA) is 120 Å². The highest BCUT2D eigenvalue weighted by Crippen LogP contribution is 2.42. The molecule has 3 heterocycles. The molecule has 10 nitrogen and oxygen atoms in total. The van der Waals surface area contributed by atoms with Crippen molar-refractivity contribution in [1.82, 2.24) is 20.4 Å². The van der Waals surface area contributed by atoms with Crippen LogP contribution >= 0.6 is 0 Å². The van der Waals surface area contributed by atoms with Crippen LogP contribution < -0.4 is 15.4 Å². The van der Waals surface area contributed by atoms with Crippen molar-refractivity contribution >= 4 is 17.9 Å². The summed E-state index contributed by atoms with van der Waals surface area (Å²) in [6, 6.07) is 3.90. The maximum atomic E-state index is 14.4. The number of nitrogens with zero attached hydrogens (tertiary/aromatic N) is 2. The predicted molar refractivity (Wildman–Crippen MR) is 154 cm³/mol. The van der Waals surface area contributed by atoms with E-state index in [1.807, 2.05) is 18.2 Å². The van der Waals surface area contributed by atoms with E-state index in [1.165, 1.54) is 9.80 Å². The van der Waals surface area contributed by atoms with Crippen molar-refractivity contribution < 1.29 is 42.1 Å². The number of nitrogens with one attached hydrogen (secondary N) is 2. The molecule has 3 amide bonds. The van der Waals surface area contributed by atoms with Crippen molar-refractivity contribution in [2.75, 3.05) is 26.2 Å². The second kappa shape index (κ2) is 12.4. The predicted octanol–water partition coefficient (Wildman–Crippen LogP) is 3.68. The molecule has 1 aromatic rings. The lowest BCUT2D eigenvalue weighted by Crippen LogP contribution is -2.66. The van der Waals surface area contributed by atoms with E-state index < -0.39 is 72.4 Å². The van der Waals surface area contributed by atoms with Gasteiger partial charge in [0.2, 0.25) is 11.8 Å². The normalized spacial score (nSPS) is 28.7. The molecule has 3 N–H and O–H groups in total. The molecule has 2 saturated heterocycles. The van der Waals surface area contributed by atoms with Gasteiger partial charge in [-0.05, 0) is 45.6 Å². The molecule has 3 aliphatic heterocycles. The zero-order chi connectivity index (χ0) is 31.9. The van der Waals surface area contributed by atoms with Crippen molar-refractivity contribution in [2.45, 2.75) is 107 Å². The number of fused-ring (bicyclic) bond motifs is 2. The van der Waals surface area contributed by atoms with E-state index >= 15 is 0 Å². The maximum absolute atomic E-state index is 14.4. The summed E-state index contributed by atoms with van der Waals surface area (Å²) in [6.45, 7) is 4.43. The molecule has 244 valence electrons. The van der Waals surface area contributed by atoms with Crippen LogP contribution in [0.4, 0.5) is 18.0 Å². The average Bonchev–Trinajstić information content (AvgIpc) is 3.31. The fraction of sp³-hybridized carbons (Fsp3) is 0.710. The van der Waals surface area contributed by atoms with Gasteiger partial charge in [0.1, 0.15) is 23.4 Å². The SMILES string of the molecule is CC(C)(C)OC(=O)N[C@H](C(=O)N1C[C@H]2C[C@](O)(C(F)(F)F)CN2C[C@H]1C(=O)N[C@@H]1CCOc2ccccc21)C1CCCCC1. The minimum Gasteiger partial charge on any atom is -0.493 e. The third-order valence-corrected chi connectivity index (χ3v) is 9.19. The summed E-state index contributed by atoms with van der Waals surface area (Å²) in [4.78, 5) is 44.1. The van der Waals surface area contributed by atoms with E-state index in [-0.39, 0.29) is 19.0 Å². The van der Waals surface area contributed by atoms with Gasteiger partial charge in [0, 0.05) is 44.1 Å². The highest BCUT2D eigenvalue weighted by atomic mass is 19.4. The number of alkyl halides is 3. The molecule has 4 aliphatic rings. The summed E-state index contributed by atoms with van der Waals surface area (Å²) in [7, 11) is 0. The number of carbonyl (C=O) groups is 3. The van der Waals surface area contributed by atoms with E-state index in [1.54, 1.807) is 26.8 Å². The number of hydrogen-bond acceptors (Lipinski definition) is 7. The first kappa shape index (κ1) is 32.3. The highest BCUT2D eigenvalue weighted by Gasteiger charge is 2.62. The summed E-state index contributed by atoms with van der Waals surface area (Å²) in [5, 5.41) is 16.3. The Balaban J connectivity index is 1.44. The first-order chi connectivity index (χ1) is 20.6. The first-order valence-corrected chi connectivity index (χ1v) is 15.5. The lowest BCUT2D eigenvalue weighted by Gasteiger charge is -2.45. The van der Waals surface area contributed by atoms with Crippen LogP contribution in [0.1, 0.15) is 77.3 Å². The fourth-order valence-corrected chi connectivity index (χ4v) is 7.01. The highest BCUT2D eigenvalue weighted by molar-refractivity contribution is 5.92. The first-order valence-electron chi connectivity index (χ1n) is 15.5. The van der Waals surface area contributed by atoms with Gasteiger partial charge in [-0.3, -0.25) is 14.5 Å². The number of carbonyl (C=O) groups excluding carboxylic acids is 3. The van der Waals surface area contributed by atoms with Crippen LogP contribution in [0, 0.1) is 5.92 Å². The molecular weight excluding hydrogens is 581 g/mol. The second-order valence-electron chi connectivity index (χ2n) is 13.6. The van der Waals surface area contributed by atoms with Crippen molar-refractivity contribution in [1.29, 1.82) is 0 Å². The largest absolute Gasteiger partial charge is 0.493 e. The number of alkyl carbamates (subject to hydrolysis) is 1. The summed E-state index contributed by atoms with van der Waals surface area (Å²) >= 11 is 0. The van der Waals surface area contributed by atoms with Gasteiger partial charge in [-0.15, -0.1) is 0 Å². The van der Waals surface area contributed by atoms with Gasteiger partial charge in [0.15, 0.2) is 5.60 Å². The summed E-state index contributed by atoms with van der Waals surface area (Å²) in [5.41, 5.74) is -2.99. The van der Waals surface area contributed by atoms with Crippen LogP contribution in [0.5, 0.6) is 5.75 Å². The van der Waals surface area contributed by atoms with E-state index in [0.29, 0.717) is 31.6 Å². The number of benzene rings is 1. The van der Waals surface area contributed by atoms with Gasteiger partial charge in [0.05, 0.1) is 12.6 Å². The van der Waals surface area contributed by atoms with Gasteiger partial charge in [-0.2, -0.15) is 13.2 Å². The van der Waals surface area contributed by atoms with Gasteiger partial charge < -0.3 is 30.1 Å². The molecule has 0 spiro atoms. The van der Waals surface area contributed by atoms with Crippen LogP contribution in [-0.2, 0) is 14.3 Å². The lowest BCUT2D eigenvalue weighted by atomic mass is 9.83. The number of amides is 3. The number of piperazine rings is 1. The molecule has 5 rings (SSSR count). The fourth-order valence-electron chi connectivity index (χ4n) is 7.01. The molecule has 0 bridgehead atoms. The van der Waals surface area contributed by atoms with E-state index in [4.69, 9.17) is 9.47 Å². The van der Waals surface area contributed by atoms with Gasteiger partial charge in [0.25, 0.3) is 0 Å². The zero-order valence-corrected chi connectivity index (χ0v) is 25.5. The Hall–Kier alpha value is -3.06. The number of aliphatic hydroxyl groups is 1. The molecule has 1 aromatic carbocycles. The number of ether oxygens (including phenoxy) is 2. The van der Waals surface area contributed by atoms with E-state index in [9.17, 15) is 32.7 Å². The summed E-state index contributed by atoms with van der Waals surface area (Å²) in [6.07, 6.45) is -1.68. The lowest BCUT2D eigenvalue weighted by molar-refractivity contribution is -0.254. The smallest absolute Gasteiger partial charge is 0.418 e. The second-order valence-corrected chi connectivity index (χ2v) is 13.6. The minimum atomic E-state index is -4.87. The van der Waals surface area contributed by atoms with Crippen molar-refractivity contribution in [3.05, 3.63) is 29.8 Å². The van der Waals surface area contributed by atoms with Crippen molar-refractivity contribution in [3.63, 3.8) is 0 Å². The molecule has 0 aromatic heterocycles. The minimum absolute atomic E-state index is 0.185. The molecule has 5 atom stereocenters. The molecule has 1 saturated carbocycles. The molecule has 44 heavy (non-hydrogen) atoms. The Bertz CT molecular complexity index is 1230. The molecule has 0 radical (unpaired) electrons. The Morgan fingerprint density at radius 2 is 1.77 bits per heavy atom. The molecule has 1 aliphatic carbocycles. The average molecular weight is 625 g/mol. The maximum Gasteiger partial charge on any atom is 0.418 e. The number of para-hydroxylation sites is 1. The Labute approximate surface area is 255 Å². The molecular formula is C31H43F3N4O6. The summed E-state index contributed by atoms with van der Waals surface area (Å²) in [5.74, 6) is -0.629. The quantitative estimate of drug-likeness (QED) is 0.457. The van der Waals surface area contributed by atoms with Crippen molar-refractivity contribution in [2.24, 2.45) is 5.92 Å². The van der Waals surface area contributed by atoms with Gasteiger partial charge in [-0.25, -0.2) is 4.79 Å². The number of halogens is 3.